The van der Waals surface area contributed by atoms with Gasteiger partial charge in [0.25, 0.3) is 0 Å². The van der Waals surface area contributed by atoms with Crippen molar-refractivity contribution in [3.8, 4) is 0 Å². The molecule has 0 radical (unpaired) electrons. The van der Waals surface area contributed by atoms with Gasteiger partial charge in [-0.1, -0.05) is 3.83 Å². The molecule has 6 heteroatoms. The highest BCUT2D eigenvalue weighted by molar-refractivity contribution is 5.68. The second-order valence-electron chi connectivity index (χ2n) is 3.04. The van der Waals surface area contributed by atoms with Crippen molar-refractivity contribution in [2.24, 2.45) is 5.92 Å². The van der Waals surface area contributed by atoms with Gasteiger partial charge in [0.1, 0.15) is 0 Å². The van der Waals surface area contributed by atoms with E-state index in [0.29, 0.717) is 0 Å². The molecule has 0 atom stereocenters. The molecule has 1 N–H and O–H groups in total. The van der Waals surface area contributed by atoms with Gasteiger partial charge in [-0.2, -0.15) is 0 Å². The Morgan fingerprint density at radius 3 is 2.62 bits per heavy atom. The number of carbonyl (C=O) groups excluding carboxylic acids is 1. The summed E-state index contributed by atoms with van der Waals surface area (Å²) in [7, 11) is 0. The van der Waals surface area contributed by atoms with Gasteiger partial charge in [0.2, 0.25) is 0 Å². The van der Waals surface area contributed by atoms with Crippen LogP contribution < -0.4 is 13.7 Å². The molecule has 76 valence electrons. The highest BCUT2D eigenvalue weighted by Crippen LogP contribution is 2.16. The molecule has 0 aliphatic carbocycles. The summed E-state index contributed by atoms with van der Waals surface area (Å²) in [5.41, 5.74) is 0. The van der Waals surface area contributed by atoms with Crippen LogP contribution in [0.15, 0.2) is 0 Å². The summed E-state index contributed by atoms with van der Waals surface area (Å²) < 4.78 is 24.2. The second-order valence-corrected chi connectivity index (χ2v) is 4.15. The molecule has 0 amide bonds. The third-order valence-electron chi connectivity index (χ3n) is 2.06. The van der Waals surface area contributed by atoms with Crippen LogP contribution in [0.5, 0.6) is 0 Å². The van der Waals surface area contributed by atoms with E-state index in [1.54, 1.807) is 0 Å². The first-order valence-electron chi connectivity index (χ1n) is 4.16. The van der Waals surface area contributed by atoms with Crippen molar-refractivity contribution in [3.63, 3.8) is 0 Å². The normalized spacial score (nSPS) is 19.0. The molecule has 0 unspecified atom stereocenters. The monoisotopic (exact) mass is 253 g/mol. The predicted molar refractivity (Wildman–Crippen MR) is 36.3 cm³/mol. The van der Waals surface area contributed by atoms with Crippen molar-refractivity contribution in [3.05, 3.63) is 0 Å². The van der Waals surface area contributed by atoms with E-state index >= 15 is 0 Å². The fourth-order valence-electron chi connectivity index (χ4n) is 1.42. The van der Waals surface area contributed by atoms with Gasteiger partial charge in [-0.05, 0) is 31.8 Å². The largest absolute Gasteiger partial charge is 0.505 e. The molecule has 1 aliphatic heterocycles. The molecule has 1 rings (SSSR count). The lowest BCUT2D eigenvalue weighted by Crippen LogP contribution is -2.37. The minimum absolute atomic E-state index is 0.223. The van der Waals surface area contributed by atoms with Crippen LogP contribution in [0.25, 0.3) is 0 Å². The molecule has 1 fully saturated rings. The lowest BCUT2D eigenvalue weighted by atomic mass is 9.95. The fraction of sp³-hybridized carbons (Fsp3) is 0.857. The van der Waals surface area contributed by atoms with Gasteiger partial charge in [0, 0.05) is 0 Å². The van der Waals surface area contributed by atoms with E-state index in [1.807, 2.05) is 0 Å². The lowest BCUT2D eigenvalue weighted by Gasteiger charge is -2.20. The van der Waals surface area contributed by atoms with Crippen LogP contribution in [-0.4, -0.2) is 19.1 Å². The van der Waals surface area contributed by atoms with Crippen LogP contribution in [0.4, 0.5) is 0 Å². The minimum Gasteiger partial charge on any atom is -0.361 e. The summed E-state index contributed by atoms with van der Waals surface area (Å²) in [6.45, 7) is 1.79. The third kappa shape index (κ3) is 4.56. The molecule has 5 nitrogen and oxygen atoms in total. The van der Waals surface area contributed by atoms with Crippen LogP contribution in [0.2, 0.25) is 0 Å². The smallest absolute Gasteiger partial charge is 0.361 e. The summed E-state index contributed by atoms with van der Waals surface area (Å²) in [5, 5.41) is 3.16. The van der Waals surface area contributed by atoms with Gasteiger partial charge < -0.3 is 13.7 Å². The molecular formula is C7H12BrNO4. The molecule has 0 aromatic carbocycles. The Labute approximate surface area is 81.9 Å². The highest BCUT2D eigenvalue weighted by Gasteiger charge is 2.24. The van der Waals surface area contributed by atoms with Crippen molar-refractivity contribution in [1.29, 1.82) is 0 Å². The Balaban J connectivity index is 2.18. The van der Waals surface area contributed by atoms with E-state index in [2.05, 4.69) is 9.15 Å². The van der Waals surface area contributed by atoms with Crippen LogP contribution >= 0.6 is 0 Å². The number of rotatable bonds is 3. The molecule has 0 bridgehead atoms. The van der Waals surface area contributed by atoms with E-state index in [-0.39, 0.29) is 12.3 Å². The molecule has 1 heterocycles. The molecule has 1 saturated heterocycles. The summed E-state index contributed by atoms with van der Waals surface area (Å²) in [6, 6.07) is 0. The third-order valence-corrected chi connectivity index (χ3v) is 2.69. The van der Waals surface area contributed by atoms with Crippen molar-refractivity contribution < 1.29 is 31.8 Å². The standard InChI is InChI=1S/C7H12BrNO4/c10-7(13-8(11)12)5-6-1-3-9-4-2-6/h6,9H,1-5H2. The average molecular weight is 254 g/mol. The van der Waals surface area contributed by atoms with Crippen molar-refractivity contribution in [2.45, 2.75) is 19.3 Å². The molecule has 13 heavy (non-hydrogen) atoms. The number of nitrogens with one attached hydrogen (secondary N) is 1. The van der Waals surface area contributed by atoms with Crippen molar-refractivity contribution in [2.75, 3.05) is 13.1 Å². The van der Waals surface area contributed by atoms with E-state index in [9.17, 15) is 13.2 Å². The predicted octanol–water partition coefficient (Wildman–Crippen LogP) is -1.99. The SMILES string of the molecule is O=C(CC1CCNCC1)O[Br+2]([O-])[O-]. The minimum atomic E-state index is -3.37. The van der Waals surface area contributed by atoms with Gasteiger partial charge in [-0.15, -0.1) is 0 Å². The van der Waals surface area contributed by atoms with Gasteiger partial charge in [0.15, 0.2) is 0 Å². The molecule has 0 aromatic heterocycles. The van der Waals surface area contributed by atoms with Gasteiger partial charge in [0.05, 0.1) is 6.42 Å². The lowest BCUT2D eigenvalue weighted by molar-refractivity contribution is -1.62. The number of hydrogen-bond donors (Lipinski definition) is 1. The van der Waals surface area contributed by atoms with Crippen molar-refractivity contribution >= 4 is 5.97 Å². The summed E-state index contributed by atoms with van der Waals surface area (Å²) in [6.07, 6.45) is 2.05. The maximum atomic E-state index is 10.9. The Kier molecular flexibility index (Phi) is 4.65. The number of piperidine rings is 1. The van der Waals surface area contributed by atoms with Gasteiger partial charge in [-0.3, -0.25) is 0 Å². The Morgan fingerprint density at radius 2 is 2.08 bits per heavy atom. The van der Waals surface area contributed by atoms with Crippen molar-refractivity contribution in [1.82, 2.24) is 5.32 Å². The Hall–Kier alpha value is -0.170. The molecule has 1 aliphatic rings. The summed E-state index contributed by atoms with van der Waals surface area (Å²) in [5.74, 6) is -0.345. The second kappa shape index (κ2) is 5.54. The quantitative estimate of drug-likeness (QED) is 0.630. The van der Waals surface area contributed by atoms with E-state index in [0.717, 1.165) is 25.9 Å². The molecule has 0 spiro atoms. The number of halogens is 1. The zero-order valence-electron chi connectivity index (χ0n) is 7.12. The average Bonchev–Trinajstić information content (AvgIpc) is 2.04. The van der Waals surface area contributed by atoms with E-state index in [1.165, 1.54) is 0 Å². The van der Waals surface area contributed by atoms with E-state index < -0.39 is 20.8 Å². The first-order chi connectivity index (χ1) is 6.18. The summed E-state index contributed by atoms with van der Waals surface area (Å²) >= 11 is -3.37. The Morgan fingerprint density at radius 1 is 1.46 bits per heavy atom. The number of hydrogen-bond acceptors (Lipinski definition) is 5. The van der Waals surface area contributed by atoms with Crippen LogP contribution in [0.1, 0.15) is 19.3 Å². The zero-order valence-corrected chi connectivity index (χ0v) is 8.71. The Bertz CT molecular complexity index is 170. The van der Waals surface area contributed by atoms with Crippen LogP contribution in [0.3, 0.4) is 0 Å². The molecule has 0 saturated carbocycles. The molecular weight excluding hydrogens is 242 g/mol. The summed E-state index contributed by atoms with van der Waals surface area (Å²) in [4.78, 5) is 10.9. The number of carbonyl (C=O) groups is 1. The fourth-order valence-corrected chi connectivity index (χ4v) is 1.85. The van der Waals surface area contributed by atoms with E-state index in [4.69, 9.17) is 0 Å². The van der Waals surface area contributed by atoms with Crippen LogP contribution in [-0.2, 0) is 8.62 Å². The molecule has 0 aromatic rings. The maximum Gasteiger partial charge on any atom is 0.505 e. The first-order valence-corrected chi connectivity index (χ1v) is 6.10. The van der Waals surface area contributed by atoms with Gasteiger partial charge in [-0.25, -0.2) is 4.79 Å². The topological polar surface area (TPSA) is 84.5 Å². The van der Waals surface area contributed by atoms with Gasteiger partial charge >= 0.3 is 20.8 Å². The first kappa shape index (κ1) is 10.9. The highest BCUT2D eigenvalue weighted by atomic mass is 80.0. The maximum absolute atomic E-state index is 10.9. The zero-order chi connectivity index (χ0) is 9.68. The van der Waals surface area contributed by atoms with Crippen LogP contribution in [0, 0.1) is 20.7 Å².